The van der Waals surface area contributed by atoms with Crippen molar-refractivity contribution >= 4 is 20.6 Å². The van der Waals surface area contributed by atoms with E-state index >= 15 is 0 Å². The summed E-state index contributed by atoms with van der Waals surface area (Å²) in [5, 5.41) is 0. The molecule has 2 rings (SSSR count). The van der Waals surface area contributed by atoms with Gasteiger partial charge in [-0.15, -0.1) is 0 Å². The Morgan fingerprint density at radius 1 is 1.26 bits per heavy atom. The minimum atomic E-state index is 0.172. The molecule has 3 heteroatoms. The summed E-state index contributed by atoms with van der Waals surface area (Å²) >= 11 is 3.61. The van der Waals surface area contributed by atoms with Crippen molar-refractivity contribution in [1.82, 2.24) is 4.90 Å². The molecule has 0 spiro atoms. The topological polar surface area (TPSA) is 15.6 Å². The lowest BCUT2D eigenvalue weighted by Crippen LogP contribution is -2.36. The number of halogens is 1. The molecule has 0 amide bonds. The van der Waals surface area contributed by atoms with Crippen LogP contribution in [0.25, 0.3) is 0 Å². The fraction of sp³-hybridized carbons (Fsp3) is 0.688. The highest BCUT2D eigenvalue weighted by molar-refractivity contribution is 9.18. The molecule has 2 bridgehead atoms. The Hall–Kier alpha value is -0.410. The first kappa shape index (κ1) is 15.0. The first-order valence-corrected chi connectivity index (χ1v) is 8.22. The Kier molecular flexibility index (Phi) is 5.40. The van der Waals surface area contributed by atoms with Crippen LogP contribution in [0.5, 0.6) is 0 Å². The molecule has 0 saturated heterocycles. The van der Waals surface area contributed by atoms with Gasteiger partial charge in [0.15, 0.2) is 0 Å². The van der Waals surface area contributed by atoms with E-state index in [9.17, 15) is 0 Å². The van der Waals surface area contributed by atoms with E-state index in [1.807, 2.05) is 0 Å². The number of nitrogens with zero attached hydrogens (tertiary/aromatic N) is 2. The summed E-state index contributed by atoms with van der Waals surface area (Å²) < 4.78 is 1.000. The average molecular weight is 325 g/mol. The second-order valence-electron chi connectivity index (χ2n) is 5.87. The summed E-state index contributed by atoms with van der Waals surface area (Å²) in [5.74, 6) is 0. The van der Waals surface area contributed by atoms with Crippen LogP contribution >= 0.6 is 15.9 Å². The summed E-state index contributed by atoms with van der Waals surface area (Å²) in [6.45, 7) is 4.46. The van der Waals surface area contributed by atoms with Gasteiger partial charge in [-0.1, -0.05) is 25.3 Å². The average Bonchev–Trinajstić information content (AvgIpc) is 2.53. The SMILES string of the molecule is CC1=CC2=CC(N=C1Br)N(C)C(C)CCCCCC2. The van der Waals surface area contributed by atoms with E-state index in [1.165, 1.54) is 49.7 Å². The van der Waals surface area contributed by atoms with Gasteiger partial charge in [0.25, 0.3) is 0 Å². The van der Waals surface area contributed by atoms with Crippen LogP contribution in [0.4, 0.5) is 0 Å². The third kappa shape index (κ3) is 4.03. The molecule has 0 radical (unpaired) electrons. The summed E-state index contributed by atoms with van der Waals surface area (Å²) in [5.41, 5.74) is 2.69. The predicted molar refractivity (Wildman–Crippen MR) is 86.9 cm³/mol. The zero-order chi connectivity index (χ0) is 13.8. The third-order valence-electron chi connectivity index (χ3n) is 4.29. The van der Waals surface area contributed by atoms with Crippen molar-refractivity contribution in [3.8, 4) is 0 Å². The van der Waals surface area contributed by atoms with E-state index in [2.05, 4.69) is 53.9 Å². The number of hydrogen-bond donors (Lipinski definition) is 0. The van der Waals surface area contributed by atoms with Crippen LogP contribution in [0.3, 0.4) is 0 Å². The number of likely N-dealkylation sites (N-methyl/N-ethyl adjacent to an activating group) is 1. The van der Waals surface area contributed by atoms with Crippen molar-refractivity contribution < 1.29 is 0 Å². The standard InChI is InChI=1S/C16H25BrN2/c1-12-10-14-9-7-5-4-6-8-13(2)19(3)15(11-14)18-16(12)17/h10-11,13,15H,4-9H2,1-3H3. The molecule has 0 N–H and O–H groups in total. The Morgan fingerprint density at radius 3 is 2.79 bits per heavy atom. The van der Waals surface area contributed by atoms with Crippen LogP contribution in [0, 0.1) is 0 Å². The van der Waals surface area contributed by atoms with E-state index in [0.29, 0.717) is 6.04 Å². The maximum atomic E-state index is 4.83. The fourth-order valence-corrected chi connectivity index (χ4v) is 3.11. The Labute approximate surface area is 125 Å². The first-order chi connectivity index (χ1) is 9.08. The van der Waals surface area contributed by atoms with Gasteiger partial charge in [-0.05, 0) is 73.3 Å². The van der Waals surface area contributed by atoms with E-state index in [-0.39, 0.29) is 6.17 Å². The Bertz CT molecular complexity index is 409. The van der Waals surface area contributed by atoms with Gasteiger partial charge in [0.05, 0.1) is 0 Å². The molecule has 2 aliphatic rings. The molecule has 2 unspecified atom stereocenters. The number of allylic oxidation sites excluding steroid dienone is 3. The Morgan fingerprint density at radius 2 is 2.00 bits per heavy atom. The summed E-state index contributed by atoms with van der Waals surface area (Å²) in [6.07, 6.45) is 12.6. The molecule has 0 aliphatic carbocycles. The van der Waals surface area contributed by atoms with Gasteiger partial charge in [0.2, 0.25) is 0 Å². The van der Waals surface area contributed by atoms with Gasteiger partial charge >= 0.3 is 0 Å². The second-order valence-corrected chi connectivity index (χ2v) is 6.62. The molecule has 0 aromatic rings. The van der Waals surface area contributed by atoms with E-state index < -0.39 is 0 Å². The second kappa shape index (κ2) is 6.85. The third-order valence-corrected chi connectivity index (χ3v) is 5.12. The van der Waals surface area contributed by atoms with E-state index in [1.54, 1.807) is 0 Å². The molecule has 19 heavy (non-hydrogen) atoms. The number of rotatable bonds is 0. The zero-order valence-electron chi connectivity index (χ0n) is 12.3. The summed E-state index contributed by atoms with van der Waals surface area (Å²) in [7, 11) is 2.20. The van der Waals surface area contributed by atoms with Crippen molar-refractivity contribution in [3.63, 3.8) is 0 Å². The molecule has 2 heterocycles. The zero-order valence-corrected chi connectivity index (χ0v) is 13.9. The molecule has 0 aromatic heterocycles. The van der Waals surface area contributed by atoms with Crippen molar-refractivity contribution in [2.24, 2.45) is 4.99 Å². The molecular formula is C16H25BrN2. The van der Waals surface area contributed by atoms with Crippen LogP contribution in [0.15, 0.2) is 28.3 Å². The maximum absolute atomic E-state index is 4.83. The highest BCUT2D eigenvalue weighted by atomic mass is 79.9. The monoisotopic (exact) mass is 324 g/mol. The number of fused-ring (bicyclic) bond motifs is 1. The molecule has 2 atom stereocenters. The predicted octanol–water partition coefficient (Wildman–Crippen LogP) is 4.67. The number of aliphatic imine (C=N–C) groups is 1. The van der Waals surface area contributed by atoms with E-state index in [0.717, 1.165) is 4.62 Å². The molecular weight excluding hydrogens is 300 g/mol. The molecule has 2 aliphatic heterocycles. The molecule has 0 saturated carbocycles. The van der Waals surface area contributed by atoms with Gasteiger partial charge in [0.1, 0.15) is 10.8 Å². The fourth-order valence-electron chi connectivity index (χ4n) is 2.78. The summed E-state index contributed by atoms with van der Waals surface area (Å²) in [6, 6.07) is 0.586. The minimum absolute atomic E-state index is 0.172. The lowest BCUT2D eigenvalue weighted by molar-refractivity contribution is 0.207. The van der Waals surface area contributed by atoms with Gasteiger partial charge < -0.3 is 0 Å². The lowest BCUT2D eigenvalue weighted by Gasteiger charge is -2.29. The highest BCUT2D eigenvalue weighted by Gasteiger charge is 2.20. The van der Waals surface area contributed by atoms with Gasteiger partial charge in [-0.2, -0.15) is 0 Å². The van der Waals surface area contributed by atoms with E-state index in [4.69, 9.17) is 4.99 Å². The molecule has 2 nitrogen and oxygen atoms in total. The van der Waals surface area contributed by atoms with Crippen LogP contribution in [0.1, 0.15) is 52.4 Å². The van der Waals surface area contributed by atoms with Crippen molar-refractivity contribution in [3.05, 3.63) is 23.3 Å². The van der Waals surface area contributed by atoms with Gasteiger partial charge in [0, 0.05) is 6.04 Å². The van der Waals surface area contributed by atoms with Crippen LogP contribution < -0.4 is 0 Å². The lowest BCUT2D eigenvalue weighted by atomic mass is 10.0. The van der Waals surface area contributed by atoms with Crippen molar-refractivity contribution in [1.29, 1.82) is 0 Å². The van der Waals surface area contributed by atoms with Crippen LogP contribution in [-0.2, 0) is 0 Å². The minimum Gasteiger partial charge on any atom is -0.279 e. The smallest absolute Gasteiger partial charge is 0.122 e. The van der Waals surface area contributed by atoms with Crippen LogP contribution in [-0.4, -0.2) is 28.8 Å². The van der Waals surface area contributed by atoms with Crippen molar-refractivity contribution in [2.45, 2.75) is 64.6 Å². The normalized spacial score (nSPS) is 30.6. The molecule has 106 valence electrons. The van der Waals surface area contributed by atoms with Crippen molar-refractivity contribution in [2.75, 3.05) is 7.05 Å². The van der Waals surface area contributed by atoms with Gasteiger partial charge in [-0.3, -0.25) is 9.89 Å². The summed E-state index contributed by atoms with van der Waals surface area (Å²) in [4.78, 5) is 7.23. The Balaban J connectivity index is 2.28. The largest absolute Gasteiger partial charge is 0.279 e. The number of hydrogen-bond acceptors (Lipinski definition) is 2. The highest BCUT2D eigenvalue weighted by Crippen LogP contribution is 2.24. The van der Waals surface area contributed by atoms with Crippen LogP contribution in [0.2, 0.25) is 0 Å². The first-order valence-electron chi connectivity index (χ1n) is 7.42. The maximum Gasteiger partial charge on any atom is 0.122 e. The van der Waals surface area contributed by atoms with Gasteiger partial charge in [-0.25, -0.2) is 0 Å². The molecule has 0 aromatic carbocycles. The molecule has 0 fully saturated rings. The quantitative estimate of drug-likeness (QED) is 0.632.